The molecule has 7 nitrogen and oxygen atoms in total. The lowest BCUT2D eigenvalue weighted by atomic mass is 9.90. The second-order valence-corrected chi connectivity index (χ2v) is 12.9. The molecular formula is C38H39F2N3O4. The van der Waals surface area contributed by atoms with Gasteiger partial charge < -0.3 is 14.2 Å². The molecule has 3 aromatic carbocycles. The molecule has 2 aromatic heterocycles. The third kappa shape index (κ3) is 6.00. The Morgan fingerprint density at radius 3 is 2.45 bits per heavy atom. The lowest BCUT2D eigenvalue weighted by Crippen LogP contribution is -2.30. The molecule has 1 atom stereocenters. The number of ether oxygens (including phenoxy) is 3. The van der Waals surface area contributed by atoms with Crippen LogP contribution in [0, 0.1) is 32.4 Å². The molecule has 0 aliphatic carbocycles. The second-order valence-electron chi connectivity index (χ2n) is 12.9. The van der Waals surface area contributed by atoms with Crippen LogP contribution in [0.2, 0.25) is 0 Å². The van der Waals surface area contributed by atoms with Gasteiger partial charge in [0.1, 0.15) is 5.82 Å². The summed E-state index contributed by atoms with van der Waals surface area (Å²) in [5, 5.41) is 5.08. The molecule has 0 bridgehead atoms. The van der Waals surface area contributed by atoms with Crippen molar-refractivity contribution in [3.8, 4) is 39.4 Å². The summed E-state index contributed by atoms with van der Waals surface area (Å²) in [7, 11) is 0. The van der Waals surface area contributed by atoms with E-state index in [9.17, 15) is 9.18 Å². The molecule has 5 aromatic rings. The van der Waals surface area contributed by atoms with Crippen LogP contribution in [-0.2, 0) is 20.7 Å². The number of aromatic nitrogens is 3. The van der Waals surface area contributed by atoms with Gasteiger partial charge in [-0.05, 0) is 90.6 Å². The molecule has 0 spiro atoms. The molecule has 0 N–H and O–H groups in total. The highest BCUT2D eigenvalue weighted by Crippen LogP contribution is 2.43. The quantitative estimate of drug-likeness (QED) is 0.166. The Balaban J connectivity index is 1.67. The van der Waals surface area contributed by atoms with Crippen LogP contribution in [-0.4, -0.2) is 39.4 Å². The molecule has 47 heavy (non-hydrogen) atoms. The fourth-order valence-corrected chi connectivity index (χ4v) is 6.36. The van der Waals surface area contributed by atoms with E-state index in [0.29, 0.717) is 58.0 Å². The molecule has 0 saturated heterocycles. The maximum Gasteiger partial charge on any atom is 0.340 e. The van der Waals surface area contributed by atoms with E-state index in [2.05, 4.69) is 0 Å². The van der Waals surface area contributed by atoms with Crippen molar-refractivity contribution in [1.82, 2.24) is 14.6 Å². The molecule has 3 heterocycles. The smallest absolute Gasteiger partial charge is 0.340 e. The number of benzene rings is 3. The van der Waals surface area contributed by atoms with Gasteiger partial charge in [0.05, 0.1) is 30.2 Å². The Kier molecular flexibility index (Phi) is 8.61. The second kappa shape index (κ2) is 12.5. The van der Waals surface area contributed by atoms with Crippen molar-refractivity contribution in [3.05, 3.63) is 94.2 Å². The van der Waals surface area contributed by atoms with Crippen LogP contribution in [0.3, 0.4) is 0 Å². The normalized spacial score (nSPS) is 13.7. The zero-order valence-electron chi connectivity index (χ0n) is 27.8. The van der Waals surface area contributed by atoms with E-state index in [0.717, 1.165) is 28.7 Å². The van der Waals surface area contributed by atoms with Gasteiger partial charge in [0.15, 0.2) is 23.3 Å². The number of hydrogen-bond acceptors (Lipinski definition) is 6. The molecule has 6 rings (SSSR count). The van der Waals surface area contributed by atoms with Crippen molar-refractivity contribution in [1.29, 1.82) is 0 Å². The fraction of sp³-hybridized carbons (Fsp3) is 0.342. The Hall–Kier alpha value is -4.63. The summed E-state index contributed by atoms with van der Waals surface area (Å²) in [6.07, 6.45) is 0.241. The number of nitrogens with zero attached hydrogens (tertiary/aromatic N) is 3. The standard InChI is InChI=1S/C38H39F2N3O4/c1-8-45-37(44)35(47-38(5,6)7)31-23(4)41-36-22(3)32(25-14-11-13-24(19-25)27-15-9-10-17-29(27)39)42-43(36)33(31)28-20-30(40)34-26(21(28)2)16-12-18-46-34/h9-11,13-15,17,19-20,35H,8,12,16,18H2,1-7H3/t35-/m0/s1. The SMILES string of the molecule is CCOC(=O)[C@@H](OC(C)(C)C)c1c(C)nc2c(C)c(-c3cccc(-c4ccccc4F)c3)nn2c1-c1cc(F)c2c(c1C)CCCO2. The summed E-state index contributed by atoms with van der Waals surface area (Å²) in [6.45, 7) is 13.6. The third-order valence-electron chi connectivity index (χ3n) is 8.47. The predicted octanol–water partition coefficient (Wildman–Crippen LogP) is 8.68. The molecule has 1 aliphatic rings. The largest absolute Gasteiger partial charge is 0.490 e. The molecular weight excluding hydrogens is 600 g/mol. The fourth-order valence-electron chi connectivity index (χ4n) is 6.36. The zero-order valence-corrected chi connectivity index (χ0v) is 27.8. The van der Waals surface area contributed by atoms with Crippen LogP contribution in [0.5, 0.6) is 5.75 Å². The van der Waals surface area contributed by atoms with Crippen molar-refractivity contribution in [3.63, 3.8) is 0 Å². The predicted molar refractivity (Wildman–Crippen MR) is 177 cm³/mol. The average Bonchev–Trinajstić information content (AvgIpc) is 3.36. The molecule has 0 saturated carbocycles. The van der Waals surface area contributed by atoms with Crippen molar-refractivity contribution in [2.24, 2.45) is 0 Å². The summed E-state index contributed by atoms with van der Waals surface area (Å²) in [5.74, 6) is -1.12. The van der Waals surface area contributed by atoms with E-state index in [1.54, 1.807) is 29.6 Å². The number of rotatable bonds is 7. The van der Waals surface area contributed by atoms with Crippen LogP contribution in [0.1, 0.15) is 68.2 Å². The van der Waals surface area contributed by atoms with Gasteiger partial charge in [0, 0.05) is 39.1 Å². The van der Waals surface area contributed by atoms with Gasteiger partial charge in [-0.25, -0.2) is 23.1 Å². The van der Waals surface area contributed by atoms with Crippen LogP contribution >= 0.6 is 0 Å². The van der Waals surface area contributed by atoms with Gasteiger partial charge in [-0.1, -0.05) is 36.4 Å². The van der Waals surface area contributed by atoms with Crippen molar-refractivity contribution < 1.29 is 27.8 Å². The van der Waals surface area contributed by atoms with Gasteiger partial charge in [0.2, 0.25) is 0 Å². The molecule has 0 amide bonds. The number of halogens is 2. The van der Waals surface area contributed by atoms with E-state index in [-0.39, 0.29) is 18.2 Å². The first-order valence-corrected chi connectivity index (χ1v) is 15.9. The Morgan fingerprint density at radius 1 is 0.979 bits per heavy atom. The molecule has 9 heteroatoms. The van der Waals surface area contributed by atoms with E-state index in [1.807, 2.05) is 65.8 Å². The maximum absolute atomic E-state index is 15.8. The number of esters is 1. The molecule has 0 radical (unpaired) electrons. The molecule has 0 unspecified atom stereocenters. The Morgan fingerprint density at radius 2 is 1.72 bits per heavy atom. The number of aryl methyl sites for hydroxylation is 2. The number of carbonyl (C=O) groups excluding carboxylic acids is 1. The van der Waals surface area contributed by atoms with Gasteiger partial charge in [-0.2, -0.15) is 5.10 Å². The summed E-state index contributed by atoms with van der Waals surface area (Å²) in [6, 6.07) is 15.6. The molecule has 244 valence electrons. The van der Waals surface area contributed by atoms with Crippen molar-refractivity contribution in [2.45, 2.75) is 73.0 Å². The highest BCUT2D eigenvalue weighted by molar-refractivity contribution is 5.84. The van der Waals surface area contributed by atoms with Crippen LogP contribution in [0.25, 0.3) is 39.3 Å². The Labute approximate surface area is 273 Å². The summed E-state index contributed by atoms with van der Waals surface area (Å²) in [5.41, 5.74) is 6.76. The topological polar surface area (TPSA) is 75.0 Å². The number of hydrogen-bond donors (Lipinski definition) is 0. The summed E-state index contributed by atoms with van der Waals surface area (Å²) < 4.78 is 50.0. The van der Waals surface area contributed by atoms with Crippen LogP contribution in [0.4, 0.5) is 8.78 Å². The van der Waals surface area contributed by atoms with Crippen molar-refractivity contribution in [2.75, 3.05) is 13.2 Å². The van der Waals surface area contributed by atoms with Gasteiger partial charge >= 0.3 is 5.97 Å². The lowest BCUT2D eigenvalue weighted by molar-refractivity contribution is -0.166. The van der Waals surface area contributed by atoms with E-state index in [1.165, 1.54) is 12.1 Å². The first-order valence-electron chi connectivity index (χ1n) is 15.9. The minimum absolute atomic E-state index is 0.153. The maximum atomic E-state index is 15.8. The molecule has 1 aliphatic heterocycles. The lowest BCUT2D eigenvalue weighted by Gasteiger charge is -2.29. The van der Waals surface area contributed by atoms with Gasteiger partial charge in [-0.15, -0.1) is 0 Å². The van der Waals surface area contributed by atoms with E-state index >= 15 is 4.39 Å². The van der Waals surface area contributed by atoms with Gasteiger partial charge in [0.25, 0.3) is 0 Å². The average molecular weight is 640 g/mol. The van der Waals surface area contributed by atoms with Crippen LogP contribution < -0.4 is 4.74 Å². The summed E-state index contributed by atoms with van der Waals surface area (Å²) in [4.78, 5) is 18.6. The number of carbonyl (C=O) groups is 1. The number of fused-ring (bicyclic) bond motifs is 2. The van der Waals surface area contributed by atoms with Crippen molar-refractivity contribution >= 4 is 11.6 Å². The zero-order chi connectivity index (χ0) is 33.6. The minimum atomic E-state index is -1.17. The highest BCUT2D eigenvalue weighted by Gasteiger charge is 2.36. The highest BCUT2D eigenvalue weighted by atomic mass is 19.1. The van der Waals surface area contributed by atoms with E-state index < -0.39 is 23.5 Å². The Bertz CT molecular complexity index is 2010. The minimum Gasteiger partial charge on any atom is -0.490 e. The van der Waals surface area contributed by atoms with E-state index in [4.69, 9.17) is 24.3 Å². The monoisotopic (exact) mass is 639 g/mol. The molecule has 0 fully saturated rings. The first kappa shape index (κ1) is 32.3. The van der Waals surface area contributed by atoms with Gasteiger partial charge in [-0.3, -0.25) is 0 Å². The third-order valence-corrected chi connectivity index (χ3v) is 8.47. The first-order chi connectivity index (χ1) is 22.4. The summed E-state index contributed by atoms with van der Waals surface area (Å²) >= 11 is 0. The van der Waals surface area contributed by atoms with Crippen LogP contribution in [0.15, 0.2) is 54.6 Å².